The van der Waals surface area contributed by atoms with Crippen LogP contribution >= 0.6 is 0 Å². The van der Waals surface area contributed by atoms with Crippen LogP contribution in [0.15, 0.2) is 30.6 Å². The van der Waals surface area contributed by atoms with Crippen LogP contribution in [0, 0.1) is 6.92 Å². The normalized spacial score (nSPS) is 15.7. The number of carbonyl (C=O) groups excluding carboxylic acids is 1. The molecule has 1 aromatic carbocycles. The number of benzene rings is 1. The van der Waals surface area contributed by atoms with Gasteiger partial charge in [-0.1, -0.05) is 18.2 Å². The number of fused-ring (bicyclic) bond motifs is 1. The number of aryl methyl sites for hydroxylation is 3. The lowest BCUT2D eigenvalue weighted by Gasteiger charge is -2.32. The fourth-order valence-electron chi connectivity index (χ4n) is 2.98. The highest BCUT2D eigenvalue weighted by atomic mass is 16.2. The Kier molecular flexibility index (Phi) is 3.51. The molecule has 1 aliphatic heterocycles. The molecule has 1 aliphatic rings. The van der Waals surface area contributed by atoms with E-state index in [1.165, 1.54) is 5.56 Å². The molecule has 0 fully saturated rings. The van der Waals surface area contributed by atoms with E-state index in [0.717, 1.165) is 36.2 Å². The molecule has 1 unspecified atom stereocenters. The Balaban J connectivity index is 1.93. The molecule has 0 spiro atoms. The number of aromatic nitrogens is 2. The maximum absolute atomic E-state index is 12.8. The van der Waals surface area contributed by atoms with Crippen LogP contribution in [0.2, 0.25) is 0 Å². The summed E-state index contributed by atoms with van der Waals surface area (Å²) in [7, 11) is 1.82. The van der Waals surface area contributed by atoms with E-state index in [9.17, 15) is 4.79 Å². The molecule has 0 saturated carbocycles. The average molecular weight is 284 g/mol. The molecule has 3 rings (SSSR count). The zero-order valence-electron chi connectivity index (χ0n) is 12.4. The second-order valence-electron chi connectivity index (χ2n) is 5.60. The summed E-state index contributed by atoms with van der Waals surface area (Å²) in [5.41, 5.74) is 10.3. The molecule has 5 nitrogen and oxygen atoms in total. The monoisotopic (exact) mass is 284 g/mol. The van der Waals surface area contributed by atoms with Crippen LogP contribution in [-0.4, -0.2) is 22.2 Å². The summed E-state index contributed by atoms with van der Waals surface area (Å²) in [4.78, 5) is 14.6. The maximum Gasteiger partial charge on any atom is 0.248 e. The maximum atomic E-state index is 12.8. The van der Waals surface area contributed by atoms with Crippen LogP contribution in [0.4, 0.5) is 5.69 Å². The SMILES string of the molecule is Cc1cccc2c1N(C(=O)C(N)c1cnn(C)c1)CCC2. The van der Waals surface area contributed by atoms with Gasteiger partial charge in [0.05, 0.1) is 6.20 Å². The molecule has 0 saturated heterocycles. The number of carbonyl (C=O) groups is 1. The van der Waals surface area contributed by atoms with Gasteiger partial charge in [0.15, 0.2) is 0 Å². The number of para-hydroxylation sites is 1. The molecule has 1 aromatic heterocycles. The third-order valence-electron chi connectivity index (χ3n) is 4.04. The molecule has 1 atom stereocenters. The van der Waals surface area contributed by atoms with Crippen LogP contribution in [0.25, 0.3) is 0 Å². The summed E-state index contributed by atoms with van der Waals surface area (Å²) in [6.07, 6.45) is 5.45. The van der Waals surface area contributed by atoms with Gasteiger partial charge in [0, 0.05) is 31.0 Å². The molecule has 2 aromatic rings. The molecule has 5 heteroatoms. The van der Waals surface area contributed by atoms with Crippen molar-refractivity contribution in [2.75, 3.05) is 11.4 Å². The Labute approximate surface area is 124 Å². The zero-order chi connectivity index (χ0) is 15.0. The Bertz CT molecular complexity index is 677. The third-order valence-corrected chi connectivity index (χ3v) is 4.04. The summed E-state index contributed by atoms with van der Waals surface area (Å²) in [6, 6.07) is 5.52. The van der Waals surface area contributed by atoms with Crippen LogP contribution in [-0.2, 0) is 18.3 Å². The lowest BCUT2D eigenvalue weighted by molar-refractivity contribution is -0.120. The average Bonchev–Trinajstić information content (AvgIpc) is 2.92. The van der Waals surface area contributed by atoms with E-state index in [1.807, 2.05) is 31.0 Å². The van der Waals surface area contributed by atoms with Gasteiger partial charge < -0.3 is 10.6 Å². The summed E-state index contributed by atoms with van der Waals surface area (Å²) in [5, 5.41) is 4.09. The predicted molar refractivity (Wildman–Crippen MR) is 82.0 cm³/mol. The summed E-state index contributed by atoms with van der Waals surface area (Å²) < 4.78 is 1.66. The van der Waals surface area contributed by atoms with Gasteiger partial charge in [0.25, 0.3) is 0 Å². The Hall–Kier alpha value is -2.14. The molecule has 110 valence electrons. The molecular weight excluding hydrogens is 264 g/mol. The van der Waals surface area contributed by atoms with Crippen molar-refractivity contribution in [2.45, 2.75) is 25.8 Å². The first-order chi connectivity index (χ1) is 10.1. The fraction of sp³-hybridized carbons (Fsp3) is 0.375. The van der Waals surface area contributed by atoms with Gasteiger partial charge in [0.1, 0.15) is 6.04 Å². The van der Waals surface area contributed by atoms with Crippen molar-refractivity contribution in [2.24, 2.45) is 12.8 Å². The second kappa shape index (κ2) is 5.33. The van der Waals surface area contributed by atoms with E-state index >= 15 is 0 Å². The first-order valence-corrected chi connectivity index (χ1v) is 7.22. The largest absolute Gasteiger partial charge is 0.316 e. The highest BCUT2D eigenvalue weighted by Gasteiger charge is 2.29. The van der Waals surface area contributed by atoms with Crippen molar-refractivity contribution in [3.8, 4) is 0 Å². The third kappa shape index (κ3) is 2.45. The Morgan fingerprint density at radius 1 is 1.43 bits per heavy atom. The molecular formula is C16H20N4O. The number of rotatable bonds is 2. The van der Waals surface area contributed by atoms with E-state index < -0.39 is 6.04 Å². The summed E-state index contributed by atoms with van der Waals surface area (Å²) in [6.45, 7) is 2.77. The van der Waals surface area contributed by atoms with E-state index in [2.05, 4.69) is 11.2 Å². The molecule has 0 radical (unpaired) electrons. The van der Waals surface area contributed by atoms with Crippen molar-refractivity contribution < 1.29 is 4.79 Å². The molecule has 21 heavy (non-hydrogen) atoms. The molecule has 0 bridgehead atoms. The van der Waals surface area contributed by atoms with Crippen LogP contribution in [0.1, 0.15) is 29.2 Å². The standard InChI is InChI=1S/C16H20N4O/c1-11-5-3-6-12-7-4-8-20(15(11)12)16(21)14(17)13-9-18-19(2)10-13/h3,5-6,9-10,14H,4,7-8,17H2,1-2H3. The number of nitrogens with zero attached hydrogens (tertiary/aromatic N) is 3. The first-order valence-electron chi connectivity index (χ1n) is 7.22. The van der Waals surface area contributed by atoms with Crippen molar-refractivity contribution in [3.05, 3.63) is 47.3 Å². The highest BCUT2D eigenvalue weighted by molar-refractivity contribution is 5.99. The van der Waals surface area contributed by atoms with E-state index in [4.69, 9.17) is 5.73 Å². The highest BCUT2D eigenvalue weighted by Crippen LogP contribution is 2.32. The van der Waals surface area contributed by atoms with Crippen LogP contribution in [0.5, 0.6) is 0 Å². The van der Waals surface area contributed by atoms with Gasteiger partial charge in [-0.3, -0.25) is 9.48 Å². The number of amides is 1. The number of anilines is 1. The lowest BCUT2D eigenvalue weighted by atomic mass is 9.97. The van der Waals surface area contributed by atoms with Gasteiger partial charge in [0.2, 0.25) is 5.91 Å². The number of hydrogen-bond acceptors (Lipinski definition) is 3. The summed E-state index contributed by atoms with van der Waals surface area (Å²) >= 11 is 0. The smallest absolute Gasteiger partial charge is 0.248 e. The van der Waals surface area contributed by atoms with E-state index in [1.54, 1.807) is 17.1 Å². The van der Waals surface area contributed by atoms with Gasteiger partial charge in [-0.2, -0.15) is 5.10 Å². The fourth-order valence-corrected chi connectivity index (χ4v) is 2.98. The summed E-state index contributed by atoms with van der Waals surface area (Å²) in [5.74, 6) is -0.0572. The molecule has 1 amide bonds. The Morgan fingerprint density at radius 2 is 2.24 bits per heavy atom. The van der Waals surface area contributed by atoms with Gasteiger partial charge >= 0.3 is 0 Å². The minimum Gasteiger partial charge on any atom is -0.316 e. The second-order valence-corrected chi connectivity index (χ2v) is 5.60. The Morgan fingerprint density at radius 3 is 2.95 bits per heavy atom. The van der Waals surface area contributed by atoms with Crippen LogP contribution in [0.3, 0.4) is 0 Å². The topological polar surface area (TPSA) is 64.2 Å². The molecule has 2 N–H and O–H groups in total. The minimum atomic E-state index is -0.663. The predicted octanol–water partition coefficient (Wildman–Crippen LogP) is 1.71. The van der Waals surface area contributed by atoms with Gasteiger partial charge in [-0.15, -0.1) is 0 Å². The van der Waals surface area contributed by atoms with E-state index in [0.29, 0.717) is 0 Å². The quantitative estimate of drug-likeness (QED) is 0.913. The van der Waals surface area contributed by atoms with Gasteiger partial charge in [-0.25, -0.2) is 0 Å². The van der Waals surface area contributed by atoms with Crippen molar-refractivity contribution in [1.82, 2.24) is 9.78 Å². The molecule has 2 heterocycles. The van der Waals surface area contributed by atoms with Crippen LogP contribution < -0.4 is 10.6 Å². The minimum absolute atomic E-state index is 0.0572. The zero-order valence-corrected chi connectivity index (χ0v) is 12.4. The lowest BCUT2D eigenvalue weighted by Crippen LogP contribution is -2.41. The van der Waals surface area contributed by atoms with Crippen molar-refractivity contribution in [3.63, 3.8) is 0 Å². The number of nitrogens with two attached hydrogens (primary N) is 1. The van der Waals surface area contributed by atoms with Crippen molar-refractivity contribution in [1.29, 1.82) is 0 Å². The number of hydrogen-bond donors (Lipinski definition) is 1. The van der Waals surface area contributed by atoms with Crippen molar-refractivity contribution >= 4 is 11.6 Å². The van der Waals surface area contributed by atoms with E-state index in [-0.39, 0.29) is 5.91 Å². The first kappa shape index (κ1) is 13.8. The molecule has 0 aliphatic carbocycles. The van der Waals surface area contributed by atoms with Gasteiger partial charge in [-0.05, 0) is 30.9 Å².